The zero-order chi connectivity index (χ0) is 15.6. The van der Waals surface area contributed by atoms with E-state index in [1.807, 2.05) is 18.3 Å². The van der Waals surface area contributed by atoms with Crippen molar-refractivity contribution in [3.63, 3.8) is 0 Å². The molecule has 1 N–H and O–H groups in total. The van der Waals surface area contributed by atoms with E-state index in [0.29, 0.717) is 19.3 Å². The van der Waals surface area contributed by atoms with E-state index in [1.165, 1.54) is 17.7 Å². The third-order valence-electron chi connectivity index (χ3n) is 4.75. The molecular weight excluding hydrogens is 290 g/mol. The molecule has 0 fully saturated rings. The van der Waals surface area contributed by atoms with E-state index in [1.54, 1.807) is 0 Å². The largest absolute Gasteiger partial charge is 0.486 e. The molecule has 1 aliphatic heterocycles. The number of hydrogen-bond acceptors (Lipinski definition) is 4. The quantitative estimate of drug-likeness (QED) is 0.943. The maximum atomic E-state index is 5.80. The highest BCUT2D eigenvalue weighted by atomic mass is 16.6. The normalized spacial score (nSPS) is 19.4. The van der Waals surface area contributed by atoms with Crippen LogP contribution >= 0.6 is 0 Å². The average molecular weight is 313 g/mol. The van der Waals surface area contributed by atoms with Crippen LogP contribution in [0.2, 0.25) is 0 Å². The van der Waals surface area contributed by atoms with Crippen molar-refractivity contribution in [1.82, 2.24) is 15.1 Å². The Morgan fingerprint density at radius 3 is 3.13 bits per heavy atom. The van der Waals surface area contributed by atoms with E-state index in [2.05, 4.69) is 28.1 Å². The number of aryl methyl sites for hydroxylation is 1. The summed E-state index contributed by atoms with van der Waals surface area (Å²) in [5.74, 6) is 1.75. The molecule has 2 aliphatic rings. The molecule has 4 rings (SSSR count). The first kappa shape index (κ1) is 14.6. The lowest BCUT2D eigenvalue weighted by atomic mass is 9.92. The van der Waals surface area contributed by atoms with E-state index >= 15 is 0 Å². The predicted molar refractivity (Wildman–Crippen MR) is 87.9 cm³/mol. The zero-order valence-corrected chi connectivity index (χ0v) is 13.5. The topological polar surface area (TPSA) is 48.3 Å². The van der Waals surface area contributed by atoms with E-state index in [4.69, 9.17) is 9.47 Å². The number of ether oxygens (including phenoxy) is 2. The molecule has 0 bridgehead atoms. The summed E-state index contributed by atoms with van der Waals surface area (Å²) in [6, 6.07) is 6.49. The molecule has 2 heterocycles. The Labute approximate surface area is 136 Å². The minimum Gasteiger partial charge on any atom is -0.486 e. The Balaban J connectivity index is 1.52. The molecule has 1 aliphatic carbocycles. The van der Waals surface area contributed by atoms with Gasteiger partial charge in [0.25, 0.3) is 0 Å². The van der Waals surface area contributed by atoms with Crippen LogP contribution in [0.3, 0.4) is 0 Å². The molecule has 1 unspecified atom stereocenters. The number of aromatic nitrogens is 2. The minimum atomic E-state index is 0.374. The van der Waals surface area contributed by atoms with Crippen LogP contribution in [0.4, 0.5) is 0 Å². The van der Waals surface area contributed by atoms with Crippen LogP contribution in [0, 0.1) is 0 Å². The van der Waals surface area contributed by atoms with Gasteiger partial charge >= 0.3 is 0 Å². The first-order valence-electron chi connectivity index (χ1n) is 8.52. The van der Waals surface area contributed by atoms with Crippen LogP contribution < -0.4 is 14.8 Å². The van der Waals surface area contributed by atoms with Crippen molar-refractivity contribution in [2.75, 3.05) is 13.2 Å². The lowest BCUT2D eigenvalue weighted by Crippen LogP contribution is -2.26. The number of rotatable bonds is 4. The van der Waals surface area contributed by atoms with Gasteiger partial charge in [0.1, 0.15) is 13.2 Å². The lowest BCUT2D eigenvalue weighted by Gasteiger charge is -2.26. The number of nitrogens with zero attached hydrogens (tertiary/aromatic N) is 2. The average Bonchev–Trinajstić information content (AvgIpc) is 3.03. The molecule has 1 aromatic heterocycles. The molecule has 122 valence electrons. The summed E-state index contributed by atoms with van der Waals surface area (Å²) >= 11 is 0. The third kappa shape index (κ3) is 2.70. The molecule has 0 spiro atoms. The van der Waals surface area contributed by atoms with Crippen molar-refractivity contribution in [3.8, 4) is 11.5 Å². The van der Waals surface area contributed by atoms with Gasteiger partial charge in [-0.15, -0.1) is 0 Å². The fourth-order valence-corrected chi connectivity index (χ4v) is 3.61. The van der Waals surface area contributed by atoms with Crippen molar-refractivity contribution in [3.05, 3.63) is 41.2 Å². The number of fused-ring (bicyclic) bond motifs is 2. The smallest absolute Gasteiger partial charge is 0.165 e. The molecule has 0 saturated carbocycles. The van der Waals surface area contributed by atoms with E-state index in [9.17, 15) is 0 Å². The molecule has 5 heteroatoms. The molecule has 1 atom stereocenters. The van der Waals surface area contributed by atoms with Crippen LogP contribution in [-0.4, -0.2) is 23.0 Å². The van der Waals surface area contributed by atoms with Crippen LogP contribution in [0.1, 0.15) is 42.6 Å². The molecular formula is C18H23N3O2. The first-order chi connectivity index (χ1) is 11.4. The van der Waals surface area contributed by atoms with Gasteiger partial charge in [-0.1, -0.05) is 12.1 Å². The van der Waals surface area contributed by atoms with Gasteiger partial charge in [-0.3, -0.25) is 4.68 Å². The number of para-hydroxylation sites is 1. The standard InChI is InChI=1S/C18H23N3O2/c1-2-21-16-7-4-6-15(14(16)12-20-21)19-11-13-5-3-8-17-18(13)23-10-9-22-17/h3,5,8,12,15,19H,2,4,6-7,9-11H2,1H3. The van der Waals surface area contributed by atoms with Gasteiger partial charge in [-0.05, 0) is 32.3 Å². The van der Waals surface area contributed by atoms with Crippen molar-refractivity contribution >= 4 is 0 Å². The second-order valence-corrected chi connectivity index (χ2v) is 6.13. The van der Waals surface area contributed by atoms with Crippen LogP contribution in [0.5, 0.6) is 11.5 Å². The van der Waals surface area contributed by atoms with Gasteiger partial charge in [0.15, 0.2) is 11.5 Å². The van der Waals surface area contributed by atoms with Crippen molar-refractivity contribution in [2.45, 2.75) is 45.3 Å². The summed E-state index contributed by atoms with van der Waals surface area (Å²) in [6.45, 7) is 5.14. The monoisotopic (exact) mass is 313 g/mol. The summed E-state index contributed by atoms with van der Waals surface area (Å²) in [6.07, 6.45) is 5.55. The Morgan fingerprint density at radius 2 is 2.22 bits per heavy atom. The molecule has 1 aromatic carbocycles. The van der Waals surface area contributed by atoms with Gasteiger partial charge in [0.05, 0.1) is 6.20 Å². The van der Waals surface area contributed by atoms with E-state index < -0.39 is 0 Å². The fourth-order valence-electron chi connectivity index (χ4n) is 3.61. The zero-order valence-electron chi connectivity index (χ0n) is 13.5. The molecule has 0 saturated heterocycles. The maximum Gasteiger partial charge on any atom is 0.165 e. The first-order valence-corrected chi connectivity index (χ1v) is 8.52. The number of hydrogen-bond donors (Lipinski definition) is 1. The highest BCUT2D eigenvalue weighted by Gasteiger charge is 2.24. The molecule has 0 amide bonds. The molecule has 5 nitrogen and oxygen atoms in total. The van der Waals surface area contributed by atoms with E-state index in [0.717, 1.165) is 43.0 Å². The Bertz CT molecular complexity index is 696. The van der Waals surface area contributed by atoms with Crippen molar-refractivity contribution in [1.29, 1.82) is 0 Å². The molecule has 23 heavy (non-hydrogen) atoms. The van der Waals surface area contributed by atoms with Gasteiger partial charge in [0.2, 0.25) is 0 Å². The lowest BCUT2D eigenvalue weighted by molar-refractivity contribution is 0.169. The Kier molecular flexibility index (Phi) is 3.95. The summed E-state index contributed by atoms with van der Waals surface area (Å²) in [7, 11) is 0. The van der Waals surface area contributed by atoms with Gasteiger partial charge in [0, 0.05) is 36.0 Å². The number of nitrogens with one attached hydrogen (secondary N) is 1. The van der Waals surface area contributed by atoms with Crippen molar-refractivity contribution < 1.29 is 9.47 Å². The fraction of sp³-hybridized carbons (Fsp3) is 0.500. The van der Waals surface area contributed by atoms with E-state index in [-0.39, 0.29) is 0 Å². The minimum absolute atomic E-state index is 0.374. The highest BCUT2D eigenvalue weighted by Crippen LogP contribution is 2.35. The third-order valence-corrected chi connectivity index (χ3v) is 4.75. The second kappa shape index (κ2) is 6.24. The van der Waals surface area contributed by atoms with Gasteiger partial charge in [-0.25, -0.2) is 0 Å². The number of benzene rings is 1. The van der Waals surface area contributed by atoms with Crippen LogP contribution in [0.15, 0.2) is 24.4 Å². The second-order valence-electron chi connectivity index (χ2n) is 6.13. The van der Waals surface area contributed by atoms with Crippen LogP contribution in [0.25, 0.3) is 0 Å². The summed E-state index contributed by atoms with van der Waals surface area (Å²) in [5, 5.41) is 8.22. The maximum absolute atomic E-state index is 5.80. The summed E-state index contributed by atoms with van der Waals surface area (Å²) in [5.41, 5.74) is 3.92. The Hall–Kier alpha value is -2.01. The van der Waals surface area contributed by atoms with Crippen molar-refractivity contribution in [2.24, 2.45) is 0 Å². The van der Waals surface area contributed by atoms with Gasteiger partial charge in [-0.2, -0.15) is 5.10 Å². The summed E-state index contributed by atoms with van der Waals surface area (Å²) < 4.78 is 13.6. The van der Waals surface area contributed by atoms with Crippen LogP contribution in [-0.2, 0) is 19.5 Å². The SMILES string of the molecule is CCn1ncc2c1CCCC2NCc1cccc2c1OCCO2. The molecule has 0 radical (unpaired) electrons. The summed E-state index contributed by atoms with van der Waals surface area (Å²) in [4.78, 5) is 0. The Morgan fingerprint density at radius 1 is 1.30 bits per heavy atom. The highest BCUT2D eigenvalue weighted by molar-refractivity contribution is 5.47. The molecule has 2 aromatic rings. The predicted octanol–water partition coefficient (Wildman–Crippen LogP) is 2.84. The van der Waals surface area contributed by atoms with Gasteiger partial charge < -0.3 is 14.8 Å².